The molecular weight excluding hydrogens is 925 g/mol. The number of rotatable bonds is 59. The average Bonchev–Trinajstić information content (AvgIpc) is 3.41. The van der Waals surface area contributed by atoms with Crippen LogP contribution in [0.3, 0.4) is 0 Å². The average molecular weight is 1050 g/mol. The van der Waals surface area contributed by atoms with Crippen molar-refractivity contribution >= 4 is 17.9 Å². The first kappa shape index (κ1) is 71.8. The molecule has 0 aliphatic rings. The molecule has 1 unspecified atom stereocenters. The number of hydrogen-bond donors (Lipinski definition) is 0. The van der Waals surface area contributed by atoms with Crippen LogP contribution in [-0.2, 0) is 28.6 Å². The molecule has 0 aliphatic heterocycles. The Kier molecular flexibility index (Phi) is 60.7. The summed E-state index contributed by atoms with van der Waals surface area (Å²) in [5.41, 5.74) is 0. The van der Waals surface area contributed by atoms with E-state index in [2.05, 4.69) is 93.7 Å². The number of carbonyl (C=O) groups is 3. The van der Waals surface area contributed by atoms with Gasteiger partial charge >= 0.3 is 17.9 Å². The summed E-state index contributed by atoms with van der Waals surface area (Å²) < 4.78 is 16.9. The van der Waals surface area contributed by atoms with Gasteiger partial charge in [0.05, 0.1) is 0 Å². The van der Waals surface area contributed by atoms with Crippen LogP contribution in [0.15, 0.2) is 72.9 Å². The van der Waals surface area contributed by atoms with Crippen molar-refractivity contribution in [3.8, 4) is 0 Å². The highest BCUT2D eigenvalue weighted by molar-refractivity contribution is 5.71. The van der Waals surface area contributed by atoms with Gasteiger partial charge in [-0.3, -0.25) is 14.4 Å². The molecule has 0 bridgehead atoms. The Bertz CT molecular complexity index is 1390. The molecule has 0 spiro atoms. The lowest BCUT2D eigenvalue weighted by Gasteiger charge is -2.18. The normalized spacial score (nSPS) is 12.5. The lowest BCUT2D eigenvalue weighted by atomic mass is 10.0. The third-order valence-corrected chi connectivity index (χ3v) is 14.2. The molecule has 434 valence electrons. The van der Waals surface area contributed by atoms with E-state index in [1.54, 1.807) is 0 Å². The third kappa shape index (κ3) is 61.6. The van der Waals surface area contributed by atoms with Gasteiger partial charge in [-0.05, 0) is 83.5 Å². The molecule has 75 heavy (non-hydrogen) atoms. The number of hydrogen-bond acceptors (Lipinski definition) is 6. The molecule has 0 aromatic carbocycles. The van der Waals surface area contributed by atoms with Crippen LogP contribution >= 0.6 is 0 Å². The summed E-state index contributed by atoms with van der Waals surface area (Å²) in [5.74, 6) is -0.867. The second-order valence-corrected chi connectivity index (χ2v) is 21.6. The van der Waals surface area contributed by atoms with Gasteiger partial charge in [0.15, 0.2) is 6.10 Å². The van der Waals surface area contributed by atoms with Crippen molar-refractivity contribution in [2.24, 2.45) is 0 Å². The predicted molar refractivity (Wildman–Crippen MR) is 325 cm³/mol. The first-order chi connectivity index (χ1) is 37.0. The molecule has 6 nitrogen and oxygen atoms in total. The quantitative estimate of drug-likeness (QED) is 0.0261. The Morgan fingerprint density at radius 1 is 0.280 bits per heavy atom. The van der Waals surface area contributed by atoms with Crippen molar-refractivity contribution in [3.05, 3.63) is 72.9 Å². The predicted octanol–water partition coefficient (Wildman–Crippen LogP) is 22.1. The summed E-state index contributed by atoms with van der Waals surface area (Å²) in [6.45, 7) is 6.51. The summed E-state index contributed by atoms with van der Waals surface area (Å²) >= 11 is 0. The van der Waals surface area contributed by atoms with E-state index in [9.17, 15) is 14.4 Å². The highest BCUT2D eigenvalue weighted by atomic mass is 16.6. The van der Waals surface area contributed by atoms with Crippen molar-refractivity contribution in [1.82, 2.24) is 0 Å². The van der Waals surface area contributed by atoms with Gasteiger partial charge in [-0.2, -0.15) is 0 Å². The fourth-order valence-electron chi connectivity index (χ4n) is 9.34. The number of allylic oxidation sites excluding steroid dienone is 12. The van der Waals surface area contributed by atoms with Gasteiger partial charge < -0.3 is 14.2 Å². The molecule has 0 fully saturated rings. The Labute approximate surface area is 465 Å². The van der Waals surface area contributed by atoms with E-state index < -0.39 is 6.10 Å². The SMILES string of the molecule is CC/C=C\C/C=C\C/C=C\C/C=C\C/C=C\CCCCCCCCCCCCCCCCCCCC(=O)OCC(COC(=O)CCCCCCC/C=C\CCCC)OC(=O)CCCCCCCCCCCCCCC. The fraction of sp³-hybridized carbons (Fsp3) is 0.783. The molecule has 0 heterocycles. The van der Waals surface area contributed by atoms with Gasteiger partial charge in [0.2, 0.25) is 0 Å². The number of unbranched alkanes of at least 4 members (excludes halogenated alkanes) is 36. The highest BCUT2D eigenvalue weighted by Crippen LogP contribution is 2.17. The standard InChI is InChI=1S/C69H122O6/c1-4-7-10-13-16-19-22-24-25-26-27-28-29-30-31-32-33-34-35-36-37-38-39-40-41-42-43-45-47-50-53-56-59-62-68(71)74-65-66(64-73-67(70)61-58-55-52-49-46-21-18-15-12-9-6-3)75-69(72)63-60-57-54-51-48-44-23-20-17-14-11-8-5-2/h7,10,15-16,18-19,24-25,27-28,30-31,66H,4-6,8-9,11-14,17,20-23,26,29,32-65H2,1-3H3/b10-7-,18-15-,19-16-,25-24-,28-27-,31-30-. The zero-order valence-corrected chi connectivity index (χ0v) is 49.8. The van der Waals surface area contributed by atoms with Crippen molar-refractivity contribution in [1.29, 1.82) is 0 Å². The first-order valence-electron chi connectivity index (χ1n) is 32.4. The minimum absolute atomic E-state index is 0.0726. The number of esters is 3. The van der Waals surface area contributed by atoms with Gasteiger partial charge in [0.25, 0.3) is 0 Å². The highest BCUT2D eigenvalue weighted by Gasteiger charge is 2.19. The lowest BCUT2D eigenvalue weighted by molar-refractivity contribution is -0.167. The summed E-state index contributed by atoms with van der Waals surface area (Å²) in [6.07, 6.45) is 82.2. The molecule has 0 aliphatic carbocycles. The number of carbonyl (C=O) groups excluding carboxylic acids is 3. The molecule has 0 aromatic heterocycles. The molecule has 0 saturated heterocycles. The molecule has 6 heteroatoms. The van der Waals surface area contributed by atoms with Gasteiger partial charge in [-0.25, -0.2) is 0 Å². The molecule has 1 atom stereocenters. The number of ether oxygens (including phenoxy) is 3. The summed E-state index contributed by atoms with van der Waals surface area (Å²) in [7, 11) is 0. The van der Waals surface area contributed by atoms with Crippen molar-refractivity contribution in [2.45, 2.75) is 335 Å². The van der Waals surface area contributed by atoms with Crippen molar-refractivity contribution < 1.29 is 28.6 Å². The largest absolute Gasteiger partial charge is 0.462 e. The van der Waals surface area contributed by atoms with Crippen LogP contribution < -0.4 is 0 Å². The Morgan fingerprint density at radius 2 is 0.533 bits per heavy atom. The third-order valence-electron chi connectivity index (χ3n) is 14.2. The zero-order chi connectivity index (χ0) is 54.3. The van der Waals surface area contributed by atoms with E-state index in [1.807, 2.05) is 0 Å². The molecule has 0 N–H and O–H groups in total. The van der Waals surface area contributed by atoms with Gasteiger partial charge in [0, 0.05) is 19.3 Å². The second kappa shape index (κ2) is 63.4. The van der Waals surface area contributed by atoms with Crippen LogP contribution in [0.25, 0.3) is 0 Å². The molecule has 0 amide bonds. The van der Waals surface area contributed by atoms with Gasteiger partial charge in [-0.15, -0.1) is 0 Å². The first-order valence-corrected chi connectivity index (χ1v) is 32.4. The maximum absolute atomic E-state index is 12.8. The van der Waals surface area contributed by atoms with Crippen LogP contribution in [0, 0.1) is 0 Å². The lowest BCUT2D eigenvalue weighted by Crippen LogP contribution is -2.30. The van der Waals surface area contributed by atoms with E-state index in [0.29, 0.717) is 19.3 Å². The Morgan fingerprint density at radius 3 is 0.867 bits per heavy atom. The van der Waals surface area contributed by atoms with E-state index in [-0.39, 0.29) is 31.1 Å². The monoisotopic (exact) mass is 1050 g/mol. The zero-order valence-electron chi connectivity index (χ0n) is 49.8. The fourth-order valence-corrected chi connectivity index (χ4v) is 9.34. The Hall–Kier alpha value is -3.15. The summed E-state index contributed by atoms with van der Waals surface area (Å²) in [4.78, 5) is 38.2. The van der Waals surface area contributed by atoms with E-state index in [1.165, 1.54) is 193 Å². The topological polar surface area (TPSA) is 78.9 Å². The van der Waals surface area contributed by atoms with Crippen LogP contribution in [-0.4, -0.2) is 37.2 Å². The van der Waals surface area contributed by atoms with E-state index in [0.717, 1.165) is 96.3 Å². The van der Waals surface area contributed by atoms with Crippen LogP contribution in [0.4, 0.5) is 0 Å². The molecule has 0 saturated carbocycles. The molecule has 0 aromatic rings. The van der Waals surface area contributed by atoms with Crippen LogP contribution in [0.5, 0.6) is 0 Å². The van der Waals surface area contributed by atoms with Gasteiger partial charge in [0.1, 0.15) is 13.2 Å². The van der Waals surface area contributed by atoms with E-state index in [4.69, 9.17) is 14.2 Å². The van der Waals surface area contributed by atoms with Crippen LogP contribution in [0.2, 0.25) is 0 Å². The maximum Gasteiger partial charge on any atom is 0.306 e. The molecular formula is C69H122O6. The van der Waals surface area contributed by atoms with Crippen molar-refractivity contribution in [2.75, 3.05) is 13.2 Å². The van der Waals surface area contributed by atoms with E-state index >= 15 is 0 Å². The minimum Gasteiger partial charge on any atom is -0.462 e. The van der Waals surface area contributed by atoms with Crippen LogP contribution in [0.1, 0.15) is 329 Å². The second-order valence-electron chi connectivity index (χ2n) is 21.6. The maximum atomic E-state index is 12.8. The van der Waals surface area contributed by atoms with Gasteiger partial charge in [-0.1, -0.05) is 299 Å². The minimum atomic E-state index is -0.773. The summed E-state index contributed by atoms with van der Waals surface area (Å²) in [6, 6.07) is 0. The molecule has 0 radical (unpaired) electrons. The Balaban J connectivity index is 4.07. The van der Waals surface area contributed by atoms with Crippen molar-refractivity contribution in [3.63, 3.8) is 0 Å². The summed E-state index contributed by atoms with van der Waals surface area (Å²) in [5, 5.41) is 0. The molecule has 0 rings (SSSR count). The smallest absolute Gasteiger partial charge is 0.306 e.